The first-order valence-corrected chi connectivity index (χ1v) is 11.8. The number of nitrogens with zero attached hydrogens (tertiary/aromatic N) is 3. The summed E-state index contributed by atoms with van der Waals surface area (Å²) in [4.78, 5) is 4.15. The molecule has 0 saturated carbocycles. The number of hydrogen-bond acceptors (Lipinski definition) is 2. The fraction of sp³-hybridized carbons (Fsp3) is 0.500. The van der Waals surface area contributed by atoms with Crippen LogP contribution in [0.15, 0.2) is 53.5 Å². The van der Waals surface area contributed by atoms with E-state index in [9.17, 15) is 13.2 Å². The van der Waals surface area contributed by atoms with Crippen LogP contribution in [0.25, 0.3) is 0 Å². The van der Waals surface area contributed by atoms with Gasteiger partial charge in [0.1, 0.15) is 0 Å². The molecule has 1 atom stereocenters. The van der Waals surface area contributed by atoms with Gasteiger partial charge in [0.05, 0.1) is 18.5 Å². The average Bonchev–Trinajstić information content (AvgIpc) is 2.95. The van der Waals surface area contributed by atoms with E-state index in [1.165, 1.54) is 12.1 Å². The Labute approximate surface area is 171 Å². The van der Waals surface area contributed by atoms with Gasteiger partial charge in [0.25, 0.3) is 0 Å². The molecule has 3 rings (SSSR count). The van der Waals surface area contributed by atoms with Crippen LogP contribution in [0.4, 0.5) is 18.9 Å². The van der Waals surface area contributed by atoms with E-state index in [0.717, 1.165) is 50.1 Å². The Balaban J connectivity index is 2.35. The predicted molar refractivity (Wildman–Crippen MR) is 114 cm³/mol. The summed E-state index contributed by atoms with van der Waals surface area (Å²) in [5, 5.41) is 0.649. The van der Waals surface area contributed by atoms with Crippen molar-refractivity contribution in [2.24, 2.45) is 4.74 Å². The second-order valence-electron chi connectivity index (χ2n) is 8.46. The number of hydrogen-bond donors (Lipinski definition) is 0. The molecule has 29 heavy (non-hydrogen) atoms. The summed E-state index contributed by atoms with van der Waals surface area (Å²) in [5.74, 6) is 0. The lowest BCUT2D eigenvalue weighted by molar-refractivity contribution is -0.137. The fourth-order valence-electron chi connectivity index (χ4n) is 4.10. The van der Waals surface area contributed by atoms with Crippen LogP contribution in [0, 0.1) is 0 Å². The van der Waals surface area contributed by atoms with Crippen LogP contribution >= 0.6 is 7.21 Å². The van der Waals surface area contributed by atoms with Crippen LogP contribution < -0.4 is 5.30 Å². The first kappa shape index (κ1) is 22.0. The van der Waals surface area contributed by atoms with Crippen LogP contribution in [0.1, 0.15) is 52.0 Å². The van der Waals surface area contributed by atoms with Crippen molar-refractivity contribution >= 4 is 18.2 Å². The highest BCUT2D eigenvalue weighted by Crippen LogP contribution is 2.65. The van der Waals surface area contributed by atoms with E-state index in [1.807, 2.05) is 12.1 Å². The lowest BCUT2D eigenvalue weighted by Gasteiger charge is -2.45. The van der Waals surface area contributed by atoms with E-state index in [4.69, 9.17) is 4.74 Å². The molecule has 7 heteroatoms. The van der Waals surface area contributed by atoms with Crippen molar-refractivity contribution in [1.82, 2.24) is 9.65 Å². The van der Waals surface area contributed by atoms with Crippen molar-refractivity contribution in [1.29, 1.82) is 0 Å². The maximum atomic E-state index is 13.8. The highest BCUT2D eigenvalue weighted by atomic mass is 31.2. The Morgan fingerprint density at radius 3 is 2.03 bits per heavy atom. The Hall–Kier alpha value is -1.65. The van der Waals surface area contributed by atoms with Gasteiger partial charge in [-0.05, 0) is 37.1 Å². The molecule has 1 aromatic carbocycles. The Bertz CT molecular complexity index is 865. The van der Waals surface area contributed by atoms with Gasteiger partial charge in [-0.3, -0.25) is 9.65 Å². The molecule has 1 saturated heterocycles. The van der Waals surface area contributed by atoms with Crippen LogP contribution in [-0.2, 0) is 6.18 Å². The van der Waals surface area contributed by atoms with Crippen molar-refractivity contribution < 1.29 is 13.2 Å². The van der Waals surface area contributed by atoms with Gasteiger partial charge in [0, 0.05) is 35.9 Å². The fourth-order valence-corrected chi connectivity index (χ4v) is 8.49. The quantitative estimate of drug-likeness (QED) is 0.505. The lowest BCUT2D eigenvalue weighted by Crippen LogP contribution is -2.37. The summed E-state index contributed by atoms with van der Waals surface area (Å²) in [6, 6.07) is 9.57. The van der Waals surface area contributed by atoms with Crippen LogP contribution in [-0.4, -0.2) is 27.9 Å². The molecule has 0 spiro atoms. The first-order chi connectivity index (χ1) is 13.7. The number of aromatic nitrogens is 1. The number of pyridine rings is 1. The molecule has 0 aliphatic carbocycles. The van der Waals surface area contributed by atoms with Gasteiger partial charge < -0.3 is 0 Å². The maximum Gasteiger partial charge on any atom is 0.418 e. The standard InChI is InChI=1S/C22H29F3N3P/c1-21(2,3)29(18-12-14-26-15-13-18,28-16-8-4-5-9-17-28)27-20-11-7-6-10-19(20)22(23,24)25/h6-7,10-15H,4-5,8-9,16-17H2,1-3H3. The highest BCUT2D eigenvalue weighted by Gasteiger charge is 2.42. The predicted octanol–water partition coefficient (Wildman–Crippen LogP) is 6.85. The number of benzene rings is 1. The third-order valence-corrected chi connectivity index (χ3v) is 10.0. The maximum absolute atomic E-state index is 13.8. The monoisotopic (exact) mass is 423 g/mol. The number of rotatable bonds is 3. The van der Waals surface area contributed by atoms with Gasteiger partial charge in [0.15, 0.2) is 0 Å². The molecule has 0 N–H and O–H groups in total. The van der Waals surface area contributed by atoms with E-state index >= 15 is 0 Å². The number of halogens is 3. The number of alkyl halides is 3. The van der Waals surface area contributed by atoms with Gasteiger partial charge in [-0.2, -0.15) is 13.2 Å². The first-order valence-electron chi connectivity index (χ1n) is 10.1. The van der Waals surface area contributed by atoms with Crippen molar-refractivity contribution in [2.75, 3.05) is 13.1 Å². The largest absolute Gasteiger partial charge is 0.418 e. The van der Waals surface area contributed by atoms with Crippen molar-refractivity contribution in [3.05, 3.63) is 54.4 Å². The second kappa shape index (κ2) is 8.61. The summed E-state index contributed by atoms with van der Waals surface area (Å²) >= 11 is 0. The molecule has 2 heterocycles. The van der Waals surface area contributed by atoms with E-state index < -0.39 is 18.9 Å². The highest BCUT2D eigenvalue weighted by molar-refractivity contribution is 7.73. The van der Waals surface area contributed by atoms with E-state index in [0.29, 0.717) is 0 Å². The molecule has 0 amide bonds. The molecular formula is C22H29F3N3P. The Kier molecular flexibility index (Phi) is 6.54. The minimum absolute atomic E-state index is 0.0318. The molecule has 0 bridgehead atoms. The molecular weight excluding hydrogens is 394 g/mol. The average molecular weight is 423 g/mol. The van der Waals surface area contributed by atoms with Gasteiger partial charge >= 0.3 is 6.18 Å². The lowest BCUT2D eigenvalue weighted by atomic mass is 10.2. The van der Waals surface area contributed by atoms with E-state index in [2.05, 4.69) is 30.4 Å². The molecule has 2 aromatic rings. The third-order valence-electron chi connectivity index (χ3n) is 5.41. The Morgan fingerprint density at radius 2 is 1.48 bits per heavy atom. The second-order valence-corrected chi connectivity index (χ2v) is 12.3. The summed E-state index contributed by atoms with van der Waals surface area (Å²) in [6.45, 7) is 8.01. The SMILES string of the molecule is CC(C)(C)P(=Nc1ccccc1C(F)(F)F)(c1ccncc1)N1CCCCCC1. The van der Waals surface area contributed by atoms with E-state index in [1.54, 1.807) is 18.5 Å². The van der Waals surface area contributed by atoms with Gasteiger partial charge in [-0.25, -0.2) is 4.74 Å². The van der Waals surface area contributed by atoms with Crippen molar-refractivity contribution in [3.63, 3.8) is 0 Å². The molecule has 1 aromatic heterocycles. The minimum Gasteiger partial charge on any atom is -0.265 e. The molecule has 1 aliphatic rings. The third kappa shape index (κ3) is 4.59. The summed E-state index contributed by atoms with van der Waals surface area (Å²) < 4.78 is 48.7. The molecule has 1 fully saturated rings. The Morgan fingerprint density at radius 1 is 0.897 bits per heavy atom. The van der Waals surface area contributed by atoms with Gasteiger partial charge in [-0.1, -0.05) is 45.7 Å². The topological polar surface area (TPSA) is 28.5 Å². The smallest absolute Gasteiger partial charge is 0.265 e. The van der Waals surface area contributed by atoms with Crippen molar-refractivity contribution in [2.45, 2.75) is 57.8 Å². The van der Waals surface area contributed by atoms with Crippen LogP contribution in [0.3, 0.4) is 0 Å². The van der Waals surface area contributed by atoms with E-state index in [-0.39, 0.29) is 10.8 Å². The normalized spacial score (nSPS) is 18.7. The zero-order valence-electron chi connectivity index (χ0n) is 17.3. The van der Waals surface area contributed by atoms with Crippen LogP contribution in [0.5, 0.6) is 0 Å². The minimum atomic E-state index is -4.44. The summed E-state index contributed by atoms with van der Waals surface area (Å²) in [6.07, 6.45) is 3.38. The summed E-state index contributed by atoms with van der Waals surface area (Å²) in [7, 11) is -2.54. The van der Waals surface area contributed by atoms with Crippen molar-refractivity contribution in [3.8, 4) is 0 Å². The van der Waals surface area contributed by atoms with Gasteiger partial charge in [-0.15, -0.1) is 0 Å². The molecule has 1 aliphatic heterocycles. The molecule has 0 radical (unpaired) electrons. The molecule has 158 valence electrons. The zero-order valence-corrected chi connectivity index (χ0v) is 18.2. The molecule has 3 nitrogen and oxygen atoms in total. The van der Waals surface area contributed by atoms with Crippen LogP contribution in [0.2, 0.25) is 0 Å². The molecule has 1 unspecified atom stereocenters. The summed E-state index contributed by atoms with van der Waals surface area (Å²) in [5.41, 5.74) is -0.637. The zero-order chi connectivity index (χ0) is 21.1. The van der Waals surface area contributed by atoms with Gasteiger partial charge in [0.2, 0.25) is 0 Å².